The van der Waals surface area contributed by atoms with E-state index in [1.807, 2.05) is 0 Å². The Hall–Kier alpha value is -0.0900. The molecule has 1 aromatic rings. The molecule has 0 bridgehead atoms. The average molecular weight is 526 g/mol. The van der Waals surface area contributed by atoms with Crippen LogP contribution >= 0.6 is 46.6 Å². The minimum atomic E-state index is 0. The smallest absolute Gasteiger partial charge is 0.193 e. The van der Waals surface area contributed by atoms with Gasteiger partial charge in [-0.05, 0) is 59.7 Å². The number of likely N-dealkylation sites (N-methyl/N-ethyl adjacent to an activating group) is 1. The molecule has 1 atom stereocenters. The van der Waals surface area contributed by atoms with E-state index in [1.165, 1.54) is 28.5 Å². The van der Waals surface area contributed by atoms with Gasteiger partial charge >= 0.3 is 0 Å². The van der Waals surface area contributed by atoms with E-state index in [1.54, 1.807) is 0 Å². The summed E-state index contributed by atoms with van der Waals surface area (Å²) in [5.41, 5.74) is 1.41. The third kappa shape index (κ3) is 4.70. The lowest BCUT2D eigenvalue weighted by Gasteiger charge is -2.26. The van der Waals surface area contributed by atoms with E-state index in [0.717, 1.165) is 32.1 Å². The molecule has 2 aliphatic heterocycles. The van der Waals surface area contributed by atoms with Crippen molar-refractivity contribution in [2.24, 2.45) is 4.99 Å². The maximum Gasteiger partial charge on any atom is 0.193 e. The van der Waals surface area contributed by atoms with Gasteiger partial charge in [-0.3, -0.25) is 9.89 Å². The predicted octanol–water partition coefficient (Wildman–Crippen LogP) is 2.76. The zero-order chi connectivity index (χ0) is 14.7. The summed E-state index contributed by atoms with van der Waals surface area (Å²) in [6.07, 6.45) is 2.59. The molecule has 0 aromatic heterocycles. The van der Waals surface area contributed by atoms with Crippen LogP contribution in [-0.2, 0) is 6.54 Å². The summed E-state index contributed by atoms with van der Waals surface area (Å²) in [4.78, 5) is 9.32. The number of hydrogen-bond acceptors (Lipinski definition) is 4. The second-order valence-electron chi connectivity index (χ2n) is 5.90. The summed E-state index contributed by atoms with van der Waals surface area (Å²) in [5.74, 6) is 1.07. The summed E-state index contributed by atoms with van der Waals surface area (Å²) in [7, 11) is 2.11. The van der Waals surface area contributed by atoms with Crippen LogP contribution in [0.2, 0.25) is 0 Å². The number of nitrogens with zero attached hydrogens (tertiary/aromatic N) is 3. The molecule has 2 heterocycles. The first kappa shape index (κ1) is 18.3. The Balaban J connectivity index is 0.00000176. The van der Waals surface area contributed by atoms with Crippen LogP contribution in [0.15, 0.2) is 29.3 Å². The third-order valence-corrected chi connectivity index (χ3v) is 5.07. The third-order valence-electron chi connectivity index (χ3n) is 4.35. The number of hydrogen-bond donors (Lipinski definition) is 1. The second-order valence-corrected chi connectivity index (χ2v) is 7.15. The molecule has 1 unspecified atom stereocenters. The van der Waals surface area contributed by atoms with E-state index in [2.05, 4.69) is 74.0 Å². The van der Waals surface area contributed by atoms with Crippen LogP contribution in [0.25, 0.3) is 0 Å². The number of benzene rings is 1. The molecule has 0 radical (unpaired) electrons. The fourth-order valence-corrected chi connectivity index (χ4v) is 3.45. The SMILES string of the molecule is CN1CCN=C1NCC1CCCN1Cc1ccc(I)cc1.I. The standard InChI is InChI=1S/C16H23IN4.HI/c1-20-10-8-18-16(20)19-11-15-3-2-9-21(15)12-13-4-6-14(17)7-5-13;/h4-7,15H,2-3,8-12H2,1H3,(H,18,19);1H. The predicted molar refractivity (Wildman–Crippen MR) is 111 cm³/mol. The molecule has 3 rings (SSSR count). The molecule has 1 saturated heterocycles. The first-order valence-electron chi connectivity index (χ1n) is 7.70. The number of nitrogens with one attached hydrogen (secondary N) is 1. The molecule has 0 saturated carbocycles. The van der Waals surface area contributed by atoms with Gasteiger partial charge in [0, 0.05) is 36.3 Å². The van der Waals surface area contributed by atoms with Gasteiger partial charge in [0.05, 0.1) is 6.54 Å². The lowest BCUT2D eigenvalue weighted by atomic mass is 10.2. The lowest BCUT2D eigenvalue weighted by molar-refractivity contribution is 0.244. The van der Waals surface area contributed by atoms with Gasteiger partial charge in [-0.25, -0.2) is 0 Å². The van der Waals surface area contributed by atoms with Crippen molar-refractivity contribution < 1.29 is 0 Å². The first-order chi connectivity index (χ1) is 10.2. The Morgan fingerprint density at radius 1 is 1.27 bits per heavy atom. The van der Waals surface area contributed by atoms with E-state index in [9.17, 15) is 0 Å². The molecule has 122 valence electrons. The quantitative estimate of drug-likeness (QED) is 0.613. The minimum Gasteiger partial charge on any atom is -0.355 e. The van der Waals surface area contributed by atoms with Crippen LogP contribution in [0.3, 0.4) is 0 Å². The van der Waals surface area contributed by atoms with Gasteiger partial charge in [-0.1, -0.05) is 12.1 Å². The second kappa shape index (κ2) is 8.68. The van der Waals surface area contributed by atoms with Crippen LogP contribution in [0.1, 0.15) is 18.4 Å². The fraction of sp³-hybridized carbons (Fsp3) is 0.562. The van der Waals surface area contributed by atoms with Gasteiger partial charge in [-0.2, -0.15) is 0 Å². The zero-order valence-electron chi connectivity index (χ0n) is 13.0. The van der Waals surface area contributed by atoms with Crippen LogP contribution in [0, 0.1) is 3.57 Å². The summed E-state index contributed by atoms with van der Waals surface area (Å²) < 4.78 is 1.30. The normalized spacial score (nSPS) is 21.6. The molecular weight excluding hydrogens is 502 g/mol. The Bertz CT molecular complexity index is 503. The van der Waals surface area contributed by atoms with Crippen molar-refractivity contribution >= 4 is 52.5 Å². The molecule has 0 amide bonds. The summed E-state index contributed by atoms with van der Waals surface area (Å²) >= 11 is 2.36. The van der Waals surface area contributed by atoms with E-state index >= 15 is 0 Å². The van der Waals surface area contributed by atoms with Crippen molar-refractivity contribution in [2.45, 2.75) is 25.4 Å². The molecule has 1 N–H and O–H groups in total. The number of guanidine groups is 1. The van der Waals surface area contributed by atoms with Gasteiger partial charge in [-0.15, -0.1) is 24.0 Å². The Morgan fingerprint density at radius 2 is 2.05 bits per heavy atom. The Kier molecular flexibility index (Phi) is 7.20. The van der Waals surface area contributed by atoms with E-state index in [-0.39, 0.29) is 24.0 Å². The van der Waals surface area contributed by atoms with E-state index in [4.69, 9.17) is 0 Å². The highest BCUT2D eigenvalue weighted by molar-refractivity contribution is 14.1. The maximum absolute atomic E-state index is 4.51. The molecule has 2 aliphatic rings. The Morgan fingerprint density at radius 3 is 2.73 bits per heavy atom. The molecule has 0 spiro atoms. The molecule has 0 aliphatic carbocycles. The van der Waals surface area contributed by atoms with Gasteiger partial charge in [0.15, 0.2) is 5.96 Å². The van der Waals surface area contributed by atoms with E-state index < -0.39 is 0 Å². The molecule has 22 heavy (non-hydrogen) atoms. The van der Waals surface area contributed by atoms with Crippen LogP contribution in [-0.4, -0.2) is 55.0 Å². The number of halogens is 2. The van der Waals surface area contributed by atoms with Crippen molar-refractivity contribution in [1.82, 2.24) is 15.1 Å². The Labute approximate surface area is 163 Å². The first-order valence-corrected chi connectivity index (χ1v) is 8.78. The van der Waals surface area contributed by atoms with Gasteiger partial charge < -0.3 is 10.2 Å². The summed E-state index contributed by atoms with van der Waals surface area (Å²) in [5, 5.41) is 3.53. The topological polar surface area (TPSA) is 30.9 Å². The number of likely N-dealkylation sites (tertiary alicyclic amines) is 1. The van der Waals surface area contributed by atoms with Crippen molar-refractivity contribution in [3.05, 3.63) is 33.4 Å². The average Bonchev–Trinajstić information content (AvgIpc) is 3.08. The highest BCUT2D eigenvalue weighted by atomic mass is 127. The van der Waals surface area contributed by atoms with Gasteiger partial charge in [0.2, 0.25) is 0 Å². The molecule has 1 fully saturated rings. The highest BCUT2D eigenvalue weighted by Gasteiger charge is 2.25. The van der Waals surface area contributed by atoms with Crippen LogP contribution < -0.4 is 5.32 Å². The summed E-state index contributed by atoms with van der Waals surface area (Å²) in [6.45, 7) is 5.25. The maximum atomic E-state index is 4.51. The van der Waals surface area contributed by atoms with Crippen LogP contribution in [0.4, 0.5) is 0 Å². The molecule has 4 nitrogen and oxygen atoms in total. The van der Waals surface area contributed by atoms with Gasteiger partial charge in [0.1, 0.15) is 0 Å². The van der Waals surface area contributed by atoms with Crippen molar-refractivity contribution in [3.63, 3.8) is 0 Å². The monoisotopic (exact) mass is 526 g/mol. The lowest BCUT2D eigenvalue weighted by Crippen LogP contribution is -2.43. The van der Waals surface area contributed by atoms with Gasteiger partial charge in [0.25, 0.3) is 0 Å². The van der Waals surface area contributed by atoms with Crippen LogP contribution in [0.5, 0.6) is 0 Å². The molecule has 6 heteroatoms. The molecular formula is C16H24I2N4. The fourth-order valence-electron chi connectivity index (χ4n) is 3.09. The molecule has 1 aromatic carbocycles. The zero-order valence-corrected chi connectivity index (χ0v) is 17.5. The number of rotatable bonds is 4. The number of aliphatic imine (C=N–C) groups is 1. The van der Waals surface area contributed by atoms with E-state index in [0.29, 0.717) is 6.04 Å². The largest absolute Gasteiger partial charge is 0.355 e. The minimum absolute atomic E-state index is 0. The summed E-state index contributed by atoms with van der Waals surface area (Å²) in [6, 6.07) is 9.52. The highest BCUT2D eigenvalue weighted by Crippen LogP contribution is 2.20. The van der Waals surface area contributed by atoms with Crippen molar-refractivity contribution in [2.75, 3.05) is 33.2 Å². The van der Waals surface area contributed by atoms with Crippen molar-refractivity contribution in [1.29, 1.82) is 0 Å². The van der Waals surface area contributed by atoms with Crippen molar-refractivity contribution in [3.8, 4) is 0 Å².